The van der Waals surface area contributed by atoms with E-state index in [4.69, 9.17) is 5.73 Å². The van der Waals surface area contributed by atoms with Crippen LogP contribution in [0.2, 0.25) is 0 Å². The van der Waals surface area contributed by atoms with Crippen molar-refractivity contribution >= 4 is 11.8 Å². The van der Waals surface area contributed by atoms with Gasteiger partial charge in [-0.25, -0.2) is 0 Å². The lowest BCUT2D eigenvalue weighted by atomic mass is 10.1. The number of carbonyl (C=O) groups excluding carboxylic acids is 2. The number of likely N-dealkylation sites (tertiary alicyclic amines) is 1. The molecule has 9 heteroatoms. The second-order valence-electron chi connectivity index (χ2n) is 4.80. The lowest BCUT2D eigenvalue weighted by molar-refractivity contribution is -0.129. The molecular weight excluding hydrogens is 277 g/mol. The predicted octanol–water partition coefficient (Wildman–Crippen LogP) is -0.796. The minimum Gasteiger partial charge on any atom is -0.369 e. The average Bonchev–Trinajstić information content (AvgIpc) is 2.29. The van der Waals surface area contributed by atoms with Gasteiger partial charge < -0.3 is 16.4 Å². The number of hydrogen-bond acceptors (Lipinski definition) is 4. The summed E-state index contributed by atoms with van der Waals surface area (Å²) in [6, 6.07) is -0.0701. The fraction of sp³-hybridized carbons (Fsp3) is 0.818. The van der Waals surface area contributed by atoms with E-state index in [1.165, 1.54) is 0 Å². The summed E-state index contributed by atoms with van der Waals surface area (Å²) in [4.78, 5) is 24.0. The second kappa shape index (κ2) is 7.44. The Morgan fingerprint density at radius 2 is 1.85 bits per heavy atom. The molecule has 0 aromatic heterocycles. The Morgan fingerprint density at radius 1 is 1.25 bits per heavy atom. The van der Waals surface area contributed by atoms with Crippen LogP contribution in [0.1, 0.15) is 12.8 Å². The van der Waals surface area contributed by atoms with E-state index in [0.717, 1.165) is 0 Å². The first-order chi connectivity index (χ1) is 9.26. The lowest BCUT2D eigenvalue weighted by Gasteiger charge is -2.31. The minimum absolute atomic E-state index is 0.0701. The number of nitrogens with zero attached hydrogens (tertiary/aromatic N) is 1. The second-order valence-corrected chi connectivity index (χ2v) is 4.80. The summed E-state index contributed by atoms with van der Waals surface area (Å²) in [5.74, 6) is -0.855. The molecule has 1 rings (SSSR count). The van der Waals surface area contributed by atoms with Crippen molar-refractivity contribution in [2.24, 2.45) is 5.73 Å². The zero-order valence-corrected chi connectivity index (χ0v) is 11.0. The number of nitrogens with one attached hydrogen (secondary N) is 2. The number of halogens is 3. The van der Waals surface area contributed by atoms with Gasteiger partial charge in [-0.1, -0.05) is 0 Å². The van der Waals surface area contributed by atoms with Crippen molar-refractivity contribution in [1.82, 2.24) is 15.5 Å². The first-order valence-corrected chi connectivity index (χ1v) is 6.34. The summed E-state index contributed by atoms with van der Waals surface area (Å²) in [7, 11) is 0. The summed E-state index contributed by atoms with van der Waals surface area (Å²) >= 11 is 0. The van der Waals surface area contributed by atoms with Crippen LogP contribution in [0.25, 0.3) is 0 Å². The van der Waals surface area contributed by atoms with Gasteiger partial charge in [0.1, 0.15) is 0 Å². The maximum Gasteiger partial charge on any atom is 0.401 e. The first-order valence-electron chi connectivity index (χ1n) is 6.34. The molecule has 4 N–H and O–H groups in total. The van der Waals surface area contributed by atoms with E-state index in [1.54, 1.807) is 0 Å². The summed E-state index contributed by atoms with van der Waals surface area (Å²) in [5.41, 5.74) is 5.08. The Morgan fingerprint density at radius 3 is 2.35 bits per heavy atom. The minimum atomic E-state index is -4.32. The molecule has 0 aromatic rings. The highest BCUT2D eigenvalue weighted by Crippen LogP contribution is 2.12. The average molecular weight is 296 g/mol. The van der Waals surface area contributed by atoms with E-state index in [1.807, 2.05) is 10.2 Å². The van der Waals surface area contributed by atoms with Crippen LogP contribution in [-0.4, -0.2) is 61.7 Å². The molecule has 0 bridgehead atoms. The summed E-state index contributed by atoms with van der Waals surface area (Å²) in [6.07, 6.45) is -3.02. The van der Waals surface area contributed by atoms with Crippen molar-refractivity contribution in [3.05, 3.63) is 0 Å². The van der Waals surface area contributed by atoms with Gasteiger partial charge in [-0.2, -0.15) is 13.2 Å². The number of nitrogens with two attached hydrogens (primary N) is 1. The maximum absolute atomic E-state index is 11.9. The Kier molecular flexibility index (Phi) is 6.21. The number of hydrogen-bond donors (Lipinski definition) is 3. The van der Waals surface area contributed by atoms with E-state index >= 15 is 0 Å². The highest BCUT2D eigenvalue weighted by Gasteiger charge is 2.27. The number of rotatable bonds is 6. The standard InChI is InChI=1S/C11H19F3N4O2/c12-11(13,14)7-16-5-10(20)17-8-1-3-18(4-2-8)6-9(15)19/h8,16H,1-7H2,(H2,15,19)(H,17,20). The molecule has 6 nitrogen and oxygen atoms in total. The molecule has 1 aliphatic rings. The Hall–Kier alpha value is -1.35. The fourth-order valence-corrected chi connectivity index (χ4v) is 2.05. The Labute approximate surface area is 114 Å². The number of carbonyl (C=O) groups is 2. The van der Waals surface area contributed by atoms with Crippen molar-refractivity contribution in [1.29, 1.82) is 0 Å². The van der Waals surface area contributed by atoms with E-state index < -0.39 is 24.5 Å². The van der Waals surface area contributed by atoms with Crippen LogP contribution in [0.3, 0.4) is 0 Å². The van der Waals surface area contributed by atoms with Crippen molar-refractivity contribution < 1.29 is 22.8 Å². The third-order valence-corrected chi connectivity index (χ3v) is 2.94. The molecule has 1 heterocycles. The molecule has 1 fully saturated rings. The van der Waals surface area contributed by atoms with Crippen LogP contribution in [0.4, 0.5) is 13.2 Å². The normalized spacial score (nSPS) is 17.9. The topological polar surface area (TPSA) is 87.5 Å². The van der Waals surface area contributed by atoms with Gasteiger partial charge >= 0.3 is 6.18 Å². The third-order valence-electron chi connectivity index (χ3n) is 2.94. The first kappa shape index (κ1) is 16.7. The largest absolute Gasteiger partial charge is 0.401 e. The van der Waals surface area contributed by atoms with Crippen LogP contribution in [0.5, 0.6) is 0 Å². The zero-order valence-electron chi connectivity index (χ0n) is 11.0. The molecular formula is C11H19F3N4O2. The summed E-state index contributed by atoms with van der Waals surface area (Å²) in [6.45, 7) is -0.0972. The number of alkyl halides is 3. The van der Waals surface area contributed by atoms with Crippen LogP contribution in [0, 0.1) is 0 Å². The van der Waals surface area contributed by atoms with Crippen LogP contribution >= 0.6 is 0 Å². The van der Waals surface area contributed by atoms with E-state index in [2.05, 4.69) is 5.32 Å². The maximum atomic E-state index is 11.9. The van der Waals surface area contributed by atoms with Crippen molar-refractivity contribution in [3.8, 4) is 0 Å². The SMILES string of the molecule is NC(=O)CN1CCC(NC(=O)CNCC(F)(F)F)CC1. The molecule has 1 aliphatic heterocycles. The van der Waals surface area contributed by atoms with Crippen LogP contribution in [0.15, 0.2) is 0 Å². The molecule has 1 saturated heterocycles. The summed E-state index contributed by atoms with van der Waals surface area (Å²) < 4.78 is 35.6. The molecule has 0 saturated carbocycles. The zero-order chi connectivity index (χ0) is 15.2. The molecule has 0 radical (unpaired) electrons. The fourth-order valence-electron chi connectivity index (χ4n) is 2.05. The van der Waals surface area contributed by atoms with Crippen LogP contribution in [-0.2, 0) is 9.59 Å². The van der Waals surface area contributed by atoms with Gasteiger partial charge in [-0.3, -0.25) is 14.5 Å². The van der Waals surface area contributed by atoms with Crippen molar-refractivity contribution in [3.63, 3.8) is 0 Å². The molecule has 0 unspecified atom stereocenters. The van der Waals surface area contributed by atoms with Gasteiger partial charge in [0.25, 0.3) is 0 Å². The molecule has 20 heavy (non-hydrogen) atoms. The van der Waals surface area contributed by atoms with E-state index in [-0.39, 0.29) is 19.1 Å². The molecule has 0 atom stereocenters. The Bertz CT molecular complexity index is 341. The molecule has 0 aliphatic carbocycles. The number of piperidine rings is 1. The van der Waals surface area contributed by atoms with Gasteiger partial charge in [0.15, 0.2) is 0 Å². The van der Waals surface area contributed by atoms with Gasteiger partial charge in [-0.05, 0) is 12.8 Å². The molecule has 116 valence electrons. The van der Waals surface area contributed by atoms with Crippen molar-refractivity contribution in [2.75, 3.05) is 32.7 Å². The van der Waals surface area contributed by atoms with Crippen LogP contribution < -0.4 is 16.4 Å². The van der Waals surface area contributed by atoms with Gasteiger partial charge in [-0.15, -0.1) is 0 Å². The lowest BCUT2D eigenvalue weighted by Crippen LogP contribution is -2.48. The summed E-state index contributed by atoms with van der Waals surface area (Å²) in [5, 5.41) is 4.71. The predicted molar refractivity (Wildman–Crippen MR) is 65.7 cm³/mol. The quantitative estimate of drug-likeness (QED) is 0.599. The monoisotopic (exact) mass is 296 g/mol. The van der Waals surface area contributed by atoms with E-state index in [0.29, 0.717) is 25.9 Å². The number of primary amides is 1. The molecule has 2 amide bonds. The van der Waals surface area contributed by atoms with Gasteiger partial charge in [0.05, 0.1) is 19.6 Å². The highest BCUT2D eigenvalue weighted by atomic mass is 19.4. The van der Waals surface area contributed by atoms with Gasteiger partial charge in [0, 0.05) is 19.1 Å². The Balaban J connectivity index is 2.16. The molecule has 0 aromatic carbocycles. The molecule has 0 spiro atoms. The number of amides is 2. The van der Waals surface area contributed by atoms with Crippen molar-refractivity contribution in [2.45, 2.75) is 25.1 Å². The highest BCUT2D eigenvalue weighted by molar-refractivity contribution is 5.78. The smallest absolute Gasteiger partial charge is 0.369 e. The van der Waals surface area contributed by atoms with Gasteiger partial charge in [0.2, 0.25) is 11.8 Å². The van der Waals surface area contributed by atoms with E-state index in [9.17, 15) is 22.8 Å². The third kappa shape index (κ3) is 7.29.